The summed E-state index contributed by atoms with van der Waals surface area (Å²) >= 11 is 0. The highest BCUT2D eigenvalue weighted by Crippen LogP contribution is 2.32. The van der Waals surface area contributed by atoms with Crippen molar-refractivity contribution in [3.05, 3.63) is 28.8 Å². The van der Waals surface area contributed by atoms with Crippen molar-refractivity contribution in [2.75, 3.05) is 7.11 Å². The van der Waals surface area contributed by atoms with Gasteiger partial charge in [0.2, 0.25) is 0 Å². The Morgan fingerprint density at radius 3 is 2.74 bits per heavy atom. The van der Waals surface area contributed by atoms with E-state index in [-0.39, 0.29) is 5.92 Å². The van der Waals surface area contributed by atoms with Crippen LogP contribution in [0, 0.1) is 5.92 Å². The van der Waals surface area contributed by atoms with E-state index in [1.54, 1.807) is 14.0 Å². The number of fused-ring (bicyclic) bond motifs is 1. The number of aliphatic carboxylic acids is 1. The van der Waals surface area contributed by atoms with Gasteiger partial charge in [-0.3, -0.25) is 4.79 Å². The average molecular weight is 262 g/mol. The predicted molar refractivity (Wildman–Crippen MR) is 74.8 cm³/mol. The molecule has 19 heavy (non-hydrogen) atoms. The van der Waals surface area contributed by atoms with E-state index in [1.165, 1.54) is 30.4 Å². The third kappa shape index (κ3) is 3.09. The van der Waals surface area contributed by atoms with E-state index in [0.717, 1.165) is 24.2 Å². The van der Waals surface area contributed by atoms with Crippen molar-refractivity contribution in [1.82, 2.24) is 0 Å². The van der Waals surface area contributed by atoms with Crippen molar-refractivity contribution >= 4 is 5.97 Å². The van der Waals surface area contributed by atoms with Crippen LogP contribution in [-0.4, -0.2) is 18.2 Å². The van der Waals surface area contributed by atoms with Gasteiger partial charge in [-0.2, -0.15) is 0 Å². The molecule has 0 saturated heterocycles. The van der Waals surface area contributed by atoms with Crippen molar-refractivity contribution in [3.63, 3.8) is 0 Å². The van der Waals surface area contributed by atoms with Crippen LogP contribution >= 0.6 is 0 Å². The quantitative estimate of drug-likeness (QED) is 0.847. The molecule has 0 radical (unpaired) electrons. The second-order valence-electron chi connectivity index (χ2n) is 5.39. The molecule has 1 N–H and O–H groups in total. The zero-order valence-corrected chi connectivity index (χ0v) is 11.7. The third-order valence-corrected chi connectivity index (χ3v) is 4.01. The topological polar surface area (TPSA) is 46.5 Å². The maximum atomic E-state index is 11.1. The van der Waals surface area contributed by atoms with Gasteiger partial charge in [0.25, 0.3) is 0 Å². The van der Waals surface area contributed by atoms with E-state index in [2.05, 4.69) is 6.07 Å². The summed E-state index contributed by atoms with van der Waals surface area (Å²) in [5.74, 6) is -0.273. The number of hydrogen-bond acceptors (Lipinski definition) is 2. The van der Waals surface area contributed by atoms with Crippen molar-refractivity contribution in [2.24, 2.45) is 5.92 Å². The highest BCUT2D eigenvalue weighted by Gasteiger charge is 2.20. The molecule has 0 spiro atoms. The normalized spacial score (nSPS) is 16.3. The average Bonchev–Trinajstić information content (AvgIpc) is 2.64. The van der Waals surface area contributed by atoms with Gasteiger partial charge in [0.15, 0.2) is 0 Å². The molecule has 1 unspecified atom stereocenters. The molecule has 2 rings (SSSR count). The zero-order valence-electron chi connectivity index (χ0n) is 11.7. The number of benzene rings is 1. The Kier molecular flexibility index (Phi) is 4.46. The van der Waals surface area contributed by atoms with E-state index < -0.39 is 5.97 Å². The number of hydrogen-bond donors (Lipinski definition) is 1. The summed E-state index contributed by atoms with van der Waals surface area (Å²) in [6, 6.07) is 4.14. The summed E-state index contributed by atoms with van der Waals surface area (Å²) in [6.45, 7) is 1.76. The Balaban J connectivity index is 2.40. The molecule has 1 aromatic carbocycles. The van der Waals surface area contributed by atoms with Gasteiger partial charge in [0.05, 0.1) is 13.0 Å². The molecular formula is C16H22O3. The van der Waals surface area contributed by atoms with Crippen LogP contribution in [0.25, 0.3) is 0 Å². The number of carboxylic acid groups (broad SMARTS) is 1. The Morgan fingerprint density at radius 2 is 2.05 bits per heavy atom. The molecule has 1 aliphatic rings. The van der Waals surface area contributed by atoms with Gasteiger partial charge in [-0.25, -0.2) is 0 Å². The van der Waals surface area contributed by atoms with Gasteiger partial charge in [-0.15, -0.1) is 0 Å². The lowest BCUT2D eigenvalue weighted by Gasteiger charge is -2.18. The van der Waals surface area contributed by atoms with Crippen LogP contribution in [0.3, 0.4) is 0 Å². The number of methoxy groups -OCH3 is 1. The number of aryl methyl sites for hydroxylation is 1. The van der Waals surface area contributed by atoms with E-state index >= 15 is 0 Å². The number of rotatable bonds is 4. The third-order valence-electron chi connectivity index (χ3n) is 4.01. The van der Waals surface area contributed by atoms with E-state index in [4.69, 9.17) is 9.84 Å². The largest absolute Gasteiger partial charge is 0.496 e. The number of carbonyl (C=O) groups is 1. The van der Waals surface area contributed by atoms with Crippen LogP contribution in [0.15, 0.2) is 12.1 Å². The Hall–Kier alpha value is -1.51. The first-order valence-electron chi connectivity index (χ1n) is 7.04. The molecule has 104 valence electrons. The molecular weight excluding hydrogens is 240 g/mol. The van der Waals surface area contributed by atoms with Crippen LogP contribution in [-0.2, 0) is 24.1 Å². The monoisotopic (exact) mass is 262 g/mol. The first kappa shape index (κ1) is 13.9. The van der Waals surface area contributed by atoms with Crippen molar-refractivity contribution < 1.29 is 14.6 Å². The summed E-state index contributed by atoms with van der Waals surface area (Å²) in [6.07, 6.45) is 6.39. The van der Waals surface area contributed by atoms with Gasteiger partial charge < -0.3 is 9.84 Å². The summed E-state index contributed by atoms with van der Waals surface area (Å²) in [7, 11) is 1.66. The highest BCUT2D eigenvalue weighted by atomic mass is 16.5. The fraction of sp³-hybridized carbons (Fsp3) is 0.562. The molecule has 0 heterocycles. The lowest BCUT2D eigenvalue weighted by molar-refractivity contribution is -0.141. The van der Waals surface area contributed by atoms with Crippen molar-refractivity contribution in [1.29, 1.82) is 0 Å². The summed E-state index contributed by atoms with van der Waals surface area (Å²) in [5, 5.41) is 9.13. The molecule has 1 aliphatic carbocycles. The molecule has 1 atom stereocenters. The van der Waals surface area contributed by atoms with E-state index in [1.807, 2.05) is 6.07 Å². The molecule has 0 aromatic heterocycles. The van der Waals surface area contributed by atoms with Crippen molar-refractivity contribution in [2.45, 2.75) is 45.4 Å². The first-order valence-corrected chi connectivity index (χ1v) is 7.04. The Morgan fingerprint density at radius 1 is 1.32 bits per heavy atom. The minimum Gasteiger partial charge on any atom is -0.496 e. The van der Waals surface area contributed by atoms with Gasteiger partial charge in [-0.05, 0) is 54.9 Å². The lowest BCUT2D eigenvalue weighted by Crippen LogP contribution is -2.15. The lowest BCUT2D eigenvalue weighted by atomic mass is 9.90. The molecule has 0 saturated carbocycles. The zero-order chi connectivity index (χ0) is 13.8. The fourth-order valence-corrected chi connectivity index (χ4v) is 2.87. The van der Waals surface area contributed by atoms with Gasteiger partial charge in [0, 0.05) is 0 Å². The van der Waals surface area contributed by atoms with Crippen LogP contribution in [0.4, 0.5) is 0 Å². The molecule has 0 fully saturated rings. The SMILES string of the molecule is COc1ccc2c(c1CC(C)C(=O)O)CCCCC2. The minimum atomic E-state index is -0.742. The maximum absolute atomic E-state index is 11.1. The maximum Gasteiger partial charge on any atom is 0.306 e. The molecule has 1 aromatic rings. The standard InChI is InChI=1S/C16H22O3/c1-11(16(17)18)10-14-13-7-5-3-4-6-12(13)8-9-15(14)19-2/h8-9,11H,3-7,10H2,1-2H3,(H,17,18). The van der Waals surface area contributed by atoms with E-state index in [9.17, 15) is 4.79 Å². The summed E-state index contributed by atoms with van der Waals surface area (Å²) < 4.78 is 5.44. The molecule has 3 heteroatoms. The number of carboxylic acids is 1. The minimum absolute atomic E-state index is 0.372. The smallest absolute Gasteiger partial charge is 0.306 e. The number of ether oxygens (including phenoxy) is 1. The Labute approximate surface area is 114 Å². The summed E-state index contributed by atoms with van der Waals surface area (Å²) in [5.41, 5.74) is 3.83. The second-order valence-corrected chi connectivity index (χ2v) is 5.39. The van der Waals surface area contributed by atoms with Crippen molar-refractivity contribution in [3.8, 4) is 5.75 Å². The van der Waals surface area contributed by atoms with Gasteiger partial charge >= 0.3 is 5.97 Å². The molecule has 3 nitrogen and oxygen atoms in total. The fourth-order valence-electron chi connectivity index (χ4n) is 2.87. The molecule has 0 aliphatic heterocycles. The summed E-state index contributed by atoms with van der Waals surface area (Å²) in [4.78, 5) is 11.1. The first-order chi connectivity index (χ1) is 9.13. The van der Waals surface area contributed by atoms with Gasteiger partial charge in [0.1, 0.15) is 5.75 Å². The van der Waals surface area contributed by atoms with E-state index in [0.29, 0.717) is 6.42 Å². The van der Waals surface area contributed by atoms with Crippen LogP contribution in [0.5, 0.6) is 5.75 Å². The van der Waals surface area contributed by atoms with Gasteiger partial charge in [-0.1, -0.05) is 19.4 Å². The molecule has 0 amide bonds. The van der Waals surface area contributed by atoms with Crippen LogP contribution in [0.1, 0.15) is 42.9 Å². The second kappa shape index (κ2) is 6.09. The predicted octanol–water partition coefficient (Wildman–Crippen LogP) is 3.23. The van der Waals surface area contributed by atoms with Crippen LogP contribution < -0.4 is 4.74 Å². The van der Waals surface area contributed by atoms with Crippen LogP contribution in [0.2, 0.25) is 0 Å². The molecule has 0 bridgehead atoms. The Bertz CT molecular complexity index is 465. The highest BCUT2D eigenvalue weighted by molar-refractivity contribution is 5.70.